The van der Waals surface area contributed by atoms with Crippen molar-refractivity contribution in [2.45, 2.75) is 0 Å². The number of fused-ring (bicyclic) bond motifs is 1. The summed E-state index contributed by atoms with van der Waals surface area (Å²) >= 11 is 13.1. The monoisotopic (exact) mass is 474 g/mol. The minimum Gasteiger partial charge on any atom is -0.463 e. The van der Waals surface area contributed by atoms with Gasteiger partial charge in [-0.05, 0) is 60.2 Å². The van der Waals surface area contributed by atoms with Crippen LogP contribution < -0.4 is 5.43 Å². The first-order valence-electron chi connectivity index (χ1n) is 9.72. The summed E-state index contributed by atoms with van der Waals surface area (Å²) in [5, 5.41) is 2.98. The number of halogens is 1. The fraction of sp³-hybridized carbons (Fsp3) is 0. The minimum atomic E-state index is -0.175. The zero-order chi connectivity index (χ0) is 22.1. The molecule has 0 unspecified atom stereocenters. The average Bonchev–Trinajstić information content (AvgIpc) is 3.21. The largest absolute Gasteiger partial charge is 0.463 e. The highest BCUT2D eigenvalue weighted by Crippen LogP contribution is 2.28. The molecule has 0 atom stereocenters. The smallest absolute Gasteiger partial charge is 0.201 e. The Bertz CT molecular complexity index is 1570. The number of thiazole rings is 1. The zero-order valence-electron chi connectivity index (χ0n) is 16.6. The molecular formula is C25H15ClN2O2S2. The Morgan fingerprint density at radius 2 is 1.81 bits per heavy atom. The first-order valence-corrected chi connectivity index (χ1v) is 11.4. The number of hydrogen-bond acceptors (Lipinski definition) is 5. The molecule has 0 N–H and O–H groups in total. The molecule has 3 aromatic carbocycles. The van der Waals surface area contributed by atoms with Gasteiger partial charge in [0, 0.05) is 22.3 Å². The number of aliphatic imine (C=N–C) groups is 1. The topological polar surface area (TPSA) is 47.5 Å². The summed E-state index contributed by atoms with van der Waals surface area (Å²) in [6.45, 7) is 0. The van der Waals surface area contributed by atoms with Crippen LogP contribution in [0.2, 0.25) is 5.02 Å². The van der Waals surface area contributed by atoms with Crippen LogP contribution in [0, 0.1) is 3.95 Å². The van der Waals surface area contributed by atoms with Crippen molar-refractivity contribution in [3.8, 4) is 16.9 Å². The Morgan fingerprint density at radius 1 is 1.03 bits per heavy atom. The standard InChI is InChI=1S/C25H15ClN2O2S2/c26-18-6-11-23-21(12-18)24(29)17(14-30-23)13-27-19-7-9-20(10-8-19)28-22(15-32-25(28)31)16-4-2-1-3-5-16/h1-15H. The molecule has 32 heavy (non-hydrogen) atoms. The van der Waals surface area contributed by atoms with Gasteiger partial charge in [0.25, 0.3) is 0 Å². The maximum atomic E-state index is 12.7. The Hall–Kier alpha value is -3.32. The fourth-order valence-electron chi connectivity index (χ4n) is 3.40. The highest BCUT2D eigenvalue weighted by Gasteiger charge is 2.09. The highest BCUT2D eigenvalue weighted by molar-refractivity contribution is 7.73. The molecule has 7 heteroatoms. The second kappa shape index (κ2) is 8.67. The molecule has 5 rings (SSSR count). The Balaban J connectivity index is 1.46. The number of nitrogens with zero attached hydrogens (tertiary/aromatic N) is 2. The summed E-state index contributed by atoms with van der Waals surface area (Å²) in [5.74, 6) is 0. The van der Waals surface area contributed by atoms with Crippen molar-refractivity contribution in [3.05, 3.63) is 109 Å². The summed E-state index contributed by atoms with van der Waals surface area (Å²) < 4.78 is 8.36. The van der Waals surface area contributed by atoms with Gasteiger partial charge in [-0.3, -0.25) is 14.4 Å². The van der Waals surface area contributed by atoms with Crippen LogP contribution >= 0.6 is 35.2 Å². The van der Waals surface area contributed by atoms with E-state index in [9.17, 15) is 4.79 Å². The summed E-state index contributed by atoms with van der Waals surface area (Å²) in [6, 6.07) is 22.8. The normalized spacial score (nSPS) is 11.4. The van der Waals surface area contributed by atoms with E-state index in [4.69, 9.17) is 28.2 Å². The van der Waals surface area contributed by atoms with E-state index in [0.717, 1.165) is 20.9 Å². The molecule has 0 aliphatic heterocycles. The van der Waals surface area contributed by atoms with Crippen LogP contribution in [0.25, 0.3) is 27.9 Å². The molecule has 0 aliphatic carbocycles. The van der Waals surface area contributed by atoms with E-state index >= 15 is 0 Å². The molecule has 0 amide bonds. The van der Waals surface area contributed by atoms with E-state index in [-0.39, 0.29) is 5.43 Å². The van der Waals surface area contributed by atoms with Gasteiger partial charge in [-0.2, -0.15) is 0 Å². The van der Waals surface area contributed by atoms with Crippen molar-refractivity contribution in [1.82, 2.24) is 4.57 Å². The van der Waals surface area contributed by atoms with E-state index < -0.39 is 0 Å². The maximum absolute atomic E-state index is 12.7. The lowest BCUT2D eigenvalue weighted by Gasteiger charge is -2.09. The second-order valence-corrected chi connectivity index (χ2v) is 8.96. The fourth-order valence-corrected chi connectivity index (χ4v) is 4.68. The lowest BCUT2D eigenvalue weighted by molar-refractivity contribution is 0.601. The first-order chi connectivity index (χ1) is 15.6. The molecule has 0 radical (unpaired) electrons. The molecule has 156 valence electrons. The predicted molar refractivity (Wildman–Crippen MR) is 135 cm³/mol. The van der Waals surface area contributed by atoms with Crippen molar-refractivity contribution in [2.75, 3.05) is 0 Å². The van der Waals surface area contributed by atoms with E-state index in [1.165, 1.54) is 23.8 Å². The number of rotatable bonds is 4. The summed E-state index contributed by atoms with van der Waals surface area (Å²) in [6.07, 6.45) is 2.92. The van der Waals surface area contributed by atoms with Crippen LogP contribution in [-0.2, 0) is 0 Å². The van der Waals surface area contributed by atoms with Crippen molar-refractivity contribution >= 4 is 58.0 Å². The SMILES string of the molecule is O=c1c(C=Nc2ccc(-n3c(-c4ccccc4)csc3=S)cc2)coc2ccc(Cl)cc12. The van der Waals surface area contributed by atoms with E-state index in [1.807, 2.05) is 47.0 Å². The van der Waals surface area contributed by atoms with Crippen LogP contribution in [0.5, 0.6) is 0 Å². The number of benzene rings is 3. The van der Waals surface area contributed by atoms with Gasteiger partial charge in [0.15, 0.2) is 3.95 Å². The van der Waals surface area contributed by atoms with E-state index in [1.54, 1.807) is 18.2 Å². The van der Waals surface area contributed by atoms with Gasteiger partial charge in [-0.1, -0.05) is 41.9 Å². The van der Waals surface area contributed by atoms with Crippen LogP contribution in [0.15, 0.2) is 98.6 Å². The summed E-state index contributed by atoms with van der Waals surface area (Å²) in [7, 11) is 0. The predicted octanol–water partition coefficient (Wildman–Crippen LogP) is 7.45. The molecule has 2 heterocycles. The zero-order valence-corrected chi connectivity index (χ0v) is 19.0. The highest BCUT2D eigenvalue weighted by atomic mass is 35.5. The third-order valence-corrected chi connectivity index (χ3v) is 6.42. The van der Waals surface area contributed by atoms with Crippen LogP contribution in [0.1, 0.15) is 5.56 Å². The van der Waals surface area contributed by atoms with Gasteiger partial charge in [0.05, 0.1) is 22.3 Å². The van der Waals surface area contributed by atoms with E-state index in [0.29, 0.717) is 27.2 Å². The van der Waals surface area contributed by atoms with Crippen LogP contribution in [0.3, 0.4) is 0 Å². The maximum Gasteiger partial charge on any atom is 0.201 e. The third kappa shape index (κ3) is 3.96. The lowest BCUT2D eigenvalue weighted by Crippen LogP contribution is -2.07. The van der Waals surface area contributed by atoms with Gasteiger partial charge in [-0.15, -0.1) is 11.3 Å². The lowest BCUT2D eigenvalue weighted by atomic mass is 10.1. The third-order valence-electron chi connectivity index (χ3n) is 4.99. The average molecular weight is 475 g/mol. The molecule has 0 fully saturated rings. The number of aromatic nitrogens is 1. The summed E-state index contributed by atoms with van der Waals surface area (Å²) in [5.41, 5.74) is 4.48. The molecule has 0 saturated heterocycles. The Morgan fingerprint density at radius 3 is 2.59 bits per heavy atom. The van der Waals surface area contributed by atoms with Gasteiger partial charge < -0.3 is 4.42 Å². The molecule has 0 aliphatic rings. The molecule has 0 bridgehead atoms. The molecule has 4 nitrogen and oxygen atoms in total. The van der Waals surface area contributed by atoms with Gasteiger partial charge in [0.1, 0.15) is 11.8 Å². The molecule has 5 aromatic rings. The van der Waals surface area contributed by atoms with Crippen LogP contribution in [0.4, 0.5) is 5.69 Å². The Labute approximate surface area is 197 Å². The molecule has 2 aromatic heterocycles. The molecular weight excluding hydrogens is 460 g/mol. The Kier molecular flexibility index (Phi) is 5.57. The van der Waals surface area contributed by atoms with Gasteiger partial charge in [-0.25, -0.2) is 0 Å². The summed E-state index contributed by atoms with van der Waals surface area (Å²) in [4.78, 5) is 17.1. The molecule has 0 spiro atoms. The quantitative estimate of drug-likeness (QED) is 0.201. The van der Waals surface area contributed by atoms with Crippen molar-refractivity contribution in [1.29, 1.82) is 0 Å². The molecule has 0 saturated carbocycles. The van der Waals surface area contributed by atoms with Crippen molar-refractivity contribution in [2.24, 2.45) is 4.99 Å². The number of hydrogen-bond donors (Lipinski definition) is 0. The van der Waals surface area contributed by atoms with Gasteiger partial charge >= 0.3 is 0 Å². The van der Waals surface area contributed by atoms with Crippen LogP contribution in [-0.4, -0.2) is 10.8 Å². The van der Waals surface area contributed by atoms with E-state index in [2.05, 4.69) is 22.5 Å². The minimum absolute atomic E-state index is 0.175. The van der Waals surface area contributed by atoms with Crippen molar-refractivity contribution in [3.63, 3.8) is 0 Å². The van der Waals surface area contributed by atoms with Gasteiger partial charge in [0.2, 0.25) is 5.43 Å². The van der Waals surface area contributed by atoms with Crippen molar-refractivity contribution < 1.29 is 4.42 Å². The second-order valence-electron chi connectivity index (χ2n) is 7.02. The first kappa shape index (κ1) is 20.6.